The number of aliphatic hydroxyl groups is 1. The maximum atomic E-state index is 13.2. The number of aliphatic hydroxyl groups excluding tert-OH is 1. The van der Waals surface area contributed by atoms with Crippen LogP contribution in [0.4, 0.5) is 0 Å². The van der Waals surface area contributed by atoms with Crippen LogP contribution >= 0.6 is 15.9 Å². The van der Waals surface area contributed by atoms with E-state index in [0.717, 1.165) is 32.1 Å². The molecule has 29 heavy (non-hydrogen) atoms. The summed E-state index contributed by atoms with van der Waals surface area (Å²) < 4.78 is 0.860. The van der Waals surface area contributed by atoms with Gasteiger partial charge >= 0.3 is 0 Å². The number of pyridine rings is 1. The van der Waals surface area contributed by atoms with Crippen molar-refractivity contribution in [2.45, 2.75) is 33.2 Å². The fourth-order valence-corrected chi connectivity index (χ4v) is 4.30. The average Bonchev–Trinajstić information content (AvgIpc) is 2.68. The second-order valence-corrected chi connectivity index (χ2v) is 8.25. The normalized spacial score (nSPS) is 12.2. The van der Waals surface area contributed by atoms with E-state index in [1.54, 1.807) is 4.90 Å². The molecule has 1 aromatic heterocycles. The highest BCUT2D eigenvalue weighted by atomic mass is 79.9. The standard InChI is InChI=1S/C23H25BrN2O3/c1-14-10-15(2)21-17(11-14)12-18(22(28)25-21)13-26(8-9-27)23(29)16(3)19-6-4-5-7-20(19)24/h4-7,10-12,16,27H,8-9,13H2,1-3H3,(H,25,28). The Labute approximate surface area is 178 Å². The smallest absolute Gasteiger partial charge is 0.253 e. The number of fused-ring (bicyclic) bond motifs is 1. The highest BCUT2D eigenvalue weighted by Crippen LogP contribution is 2.27. The Bertz CT molecular complexity index is 1110. The summed E-state index contributed by atoms with van der Waals surface area (Å²) in [6.45, 7) is 5.96. The fourth-order valence-electron chi connectivity index (χ4n) is 3.68. The van der Waals surface area contributed by atoms with Crippen molar-refractivity contribution in [2.75, 3.05) is 13.2 Å². The van der Waals surface area contributed by atoms with Gasteiger partial charge < -0.3 is 15.0 Å². The SMILES string of the molecule is Cc1cc(C)c2[nH]c(=O)c(CN(CCO)C(=O)C(C)c3ccccc3Br)cc2c1. The van der Waals surface area contributed by atoms with E-state index in [0.29, 0.717) is 5.56 Å². The van der Waals surface area contributed by atoms with Crippen molar-refractivity contribution in [3.8, 4) is 0 Å². The van der Waals surface area contributed by atoms with Gasteiger partial charge in [-0.3, -0.25) is 9.59 Å². The number of nitrogens with zero attached hydrogens (tertiary/aromatic N) is 1. The van der Waals surface area contributed by atoms with Gasteiger partial charge in [0.25, 0.3) is 5.56 Å². The Morgan fingerprint density at radius 1 is 1.21 bits per heavy atom. The van der Waals surface area contributed by atoms with E-state index in [1.165, 1.54) is 0 Å². The Morgan fingerprint density at radius 3 is 2.62 bits per heavy atom. The minimum Gasteiger partial charge on any atom is -0.395 e. The lowest BCUT2D eigenvalue weighted by Crippen LogP contribution is -2.37. The molecule has 0 saturated heterocycles. The number of halogens is 1. The molecule has 2 aromatic carbocycles. The quantitative estimate of drug-likeness (QED) is 0.587. The molecule has 3 rings (SSSR count). The molecule has 1 heterocycles. The lowest BCUT2D eigenvalue weighted by atomic mass is 9.99. The molecule has 0 aliphatic rings. The van der Waals surface area contributed by atoms with Gasteiger partial charge in [-0.25, -0.2) is 0 Å². The van der Waals surface area contributed by atoms with E-state index in [2.05, 4.69) is 20.9 Å². The molecule has 0 fully saturated rings. The summed E-state index contributed by atoms with van der Waals surface area (Å²) in [7, 11) is 0. The average molecular weight is 457 g/mol. The molecule has 5 nitrogen and oxygen atoms in total. The number of benzene rings is 2. The second-order valence-electron chi connectivity index (χ2n) is 7.40. The van der Waals surface area contributed by atoms with Crippen molar-refractivity contribution in [1.29, 1.82) is 0 Å². The summed E-state index contributed by atoms with van der Waals surface area (Å²) in [5.74, 6) is -0.535. The van der Waals surface area contributed by atoms with Crippen LogP contribution in [-0.2, 0) is 11.3 Å². The first kappa shape index (κ1) is 21.3. The van der Waals surface area contributed by atoms with Gasteiger partial charge in [-0.2, -0.15) is 0 Å². The van der Waals surface area contributed by atoms with E-state index in [-0.39, 0.29) is 31.2 Å². The largest absolute Gasteiger partial charge is 0.395 e. The number of carbonyl (C=O) groups excluding carboxylic acids is 1. The molecule has 1 unspecified atom stereocenters. The monoisotopic (exact) mass is 456 g/mol. The number of hydrogen-bond acceptors (Lipinski definition) is 3. The molecule has 0 aliphatic heterocycles. The Hall–Kier alpha value is -2.44. The van der Waals surface area contributed by atoms with Crippen LogP contribution in [0, 0.1) is 13.8 Å². The predicted octanol–water partition coefficient (Wildman–Crippen LogP) is 4.03. The number of nitrogens with one attached hydrogen (secondary N) is 1. The first-order valence-electron chi connectivity index (χ1n) is 9.59. The van der Waals surface area contributed by atoms with E-state index in [9.17, 15) is 14.7 Å². The van der Waals surface area contributed by atoms with Gasteiger partial charge in [0.2, 0.25) is 5.91 Å². The van der Waals surface area contributed by atoms with Gasteiger partial charge in [-0.05, 0) is 55.5 Å². The predicted molar refractivity (Wildman–Crippen MR) is 119 cm³/mol. The molecular formula is C23H25BrN2O3. The van der Waals surface area contributed by atoms with Crippen molar-refractivity contribution in [1.82, 2.24) is 9.88 Å². The third-order valence-corrected chi connectivity index (χ3v) is 5.88. The van der Waals surface area contributed by atoms with Crippen molar-refractivity contribution in [2.24, 2.45) is 0 Å². The summed E-state index contributed by atoms with van der Waals surface area (Å²) in [6.07, 6.45) is 0. The van der Waals surface area contributed by atoms with Gasteiger partial charge in [-0.1, -0.05) is 45.8 Å². The van der Waals surface area contributed by atoms with Crippen LogP contribution in [0.3, 0.4) is 0 Å². The van der Waals surface area contributed by atoms with Crippen molar-refractivity contribution < 1.29 is 9.90 Å². The van der Waals surface area contributed by atoms with Crippen LogP contribution in [0.25, 0.3) is 10.9 Å². The van der Waals surface area contributed by atoms with Gasteiger partial charge in [0.05, 0.1) is 24.6 Å². The maximum absolute atomic E-state index is 13.2. The van der Waals surface area contributed by atoms with E-state index >= 15 is 0 Å². The number of amides is 1. The molecule has 1 atom stereocenters. The minimum absolute atomic E-state index is 0.133. The van der Waals surface area contributed by atoms with Crippen LogP contribution in [0.15, 0.2) is 51.7 Å². The molecule has 0 bridgehead atoms. The second kappa shape index (κ2) is 8.93. The zero-order valence-corrected chi connectivity index (χ0v) is 18.4. The highest BCUT2D eigenvalue weighted by molar-refractivity contribution is 9.10. The summed E-state index contributed by atoms with van der Waals surface area (Å²) in [4.78, 5) is 30.3. The van der Waals surface area contributed by atoms with Gasteiger partial charge in [-0.15, -0.1) is 0 Å². The van der Waals surface area contributed by atoms with Crippen LogP contribution in [-0.4, -0.2) is 34.0 Å². The number of carbonyl (C=O) groups is 1. The summed E-state index contributed by atoms with van der Waals surface area (Å²) in [5.41, 5.74) is 4.09. The number of H-pyrrole nitrogens is 1. The lowest BCUT2D eigenvalue weighted by molar-refractivity contribution is -0.133. The van der Waals surface area contributed by atoms with Crippen LogP contribution < -0.4 is 5.56 Å². The number of aromatic amines is 1. The molecule has 2 N–H and O–H groups in total. The Balaban J connectivity index is 1.94. The number of aromatic nitrogens is 1. The van der Waals surface area contributed by atoms with Crippen LogP contribution in [0.2, 0.25) is 0 Å². The van der Waals surface area contributed by atoms with Gasteiger partial charge in [0.15, 0.2) is 0 Å². The Morgan fingerprint density at radius 2 is 1.93 bits per heavy atom. The number of aryl methyl sites for hydroxylation is 2. The molecule has 0 saturated carbocycles. The Kier molecular flexibility index (Phi) is 6.55. The van der Waals surface area contributed by atoms with Crippen LogP contribution in [0.5, 0.6) is 0 Å². The van der Waals surface area contributed by atoms with E-state index < -0.39 is 5.92 Å². The van der Waals surface area contributed by atoms with Crippen molar-refractivity contribution in [3.05, 3.63) is 79.5 Å². The topological polar surface area (TPSA) is 73.4 Å². The number of hydrogen-bond donors (Lipinski definition) is 2. The fraction of sp³-hybridized carbons (Fsp3) is 0.304. The third-order valence-electron chi connectivity index (χ3n) is 5.16. The number of rotatable bonds is 6. The molecule has 0 aliphatic carbocycles. The molecule has 152 valence electrons. The molecular weight excluding hydrogens is 432 g/mol. The van der Waals surface area contributed by atoms with Crippen molar-refractivity contribution >= 4 is 32.7 Å². The zero-order valence-electron chi connectivity index (χ0n) is 16.8. The highest BCUT2D eigenvalue weighted by Gasteiger charge is 2.24. The minimum atomic E-state index is -0.402. The van der Waals surface area contributed by atoms with E-state index in [4.69, 9.17) is 0 Å². The van der Waals surface area contributed by atoms with Crippen molar-refractivity contribution in [3.63, 3.8) is 0 Å². The molecule has 6 heteroatoms. The third kappa shape index (κ3) is 4.60. The lowest BCUT2D eigenvalue weighted by Gasteiger charge is -2.26. The summed E-state index contributed by atoms with van der Waals surface area (Å²) >= 11 is 3.50. The summed E-state index contributed by atoms with van der Waals surface area (Å²) in [6, 6.07) is 13.5. The van der Waals surface area contributed by atoms with Gasteiger partial charge in [0, 0.05) is 16.6 Å². The molecule has 0 spiro atoms. The molecule has 0 radical (unpaired) electrons. The maximum Gasteiger partial charge on any atom is 0.253 e. The van der Waals surface area contributed by atoms with Crippen LogP contribution in [0.1, 0.15) is 35.1 Å². The molecule has 1 amide bonds. The summed E-state index contributed by atoms with van der Waals surface area (Å²) in [5, 5.41) is 10.4. The molecule has 3 aromatic rings. The first-order valence-corrected chi connectivity index (χ1v) is 10.4. The van der Waals surface area contributed by atoms with E-state index in [1.807, 2.05) is 63.2 Å². The van der Waals surface area contributed by atoms with Gasteiger partial charge in [0.1, 0.15) is 0 Å². The first-order chi connectivity index (χ1) is 13.8. The zero-order chi connectivity index (χ0) is 21.1.